The lowest BCUT2D eigenvalue weighted by molar-refractivity contribution is -0.161. The van der Waals surface area contributed by atoms with Gasteiger partial charge in [-0.15, -0.1) is 0 Å². The molecule has 1 heterocycles. The first-order valence-corrected chi connectivity index (χ1v) is 9.61. The van der Waals surface area contributed by atoms with E-state index >= 15 is 0 Å². The van der Waals surface area contributed by atoms with Crippen molar-refractivity contribution >= 4 is 5.97 Å². The molecule has 3 nitrogen and oxygen atoms in total. The zero-order chi connectivity index (χ0) is 17.9. The molecule has 26 heavy (non-hydrogen) atoms. The quantitative estimate of drug-likeness (QED) is 0.845. The van der Waals surface area contributed by atoms with Gasteiger partial charge in [0.15, 0.2) is 0 Å². The molecule has 2 aromatic rings. The number of esters is 1. The van der Waals surface area contributed by atoms with Crippen LogP contribution in [0.4, 0.5) is 0 Å². The average molecular weight is 347 g/mol. The van der Waals surface area contributed by atoms with Crippen LogP contribution < -0.4 is 5.32 Å². The molecular formula is C23H25NO2. The molecule has 3 heteroatoms. The highest BCUT2D eigenvalue weighted by Gasteiger charge is 2.69. The summed E-state index contributed by atoms with van der Waals surface area (Å²) in [6, 6.07) is 17.5. The van der Waals surface area contributed by atoms with Gasteiger partial charge in [0.05, 0.1) is 12.5 Å². The van der Waals surface area contributed by atoms with E-state index < -0.39 is 5.41 Å². The monoisotopic (exact) mass is 347 g/mol. The maximum Gasteiger partial charge on any atom is 0.314 e. The van der Waals surface area contributed by atoms with Gasteiger partial charge in [-0.05, 0) is 42.0 Å². The Morgan fingerprint density at radius 1 is 1.12 bits per heavy atom. The van der Waals surface area contributed by atoms with E-state index in [0.717, 1.165) is 25.9 Å². The summed E-state index contributed by atoms with van der Waals surface area (Å²) in [4.78, 5) is 13.2. The van der Waals surface area contributed by atoms with E-state index in [4.69, 9.17) is 4.74 Å². The van der Waals surface area contributed by atoms with Gasteiger partial charge in [-0.25, -0.2) is 0 Å². The molecule has 0 spiro atoms. The maximum atomic E-state index is 13.2. The van der Waals surface area contributed by atoms with Crippen LogP contribution in [0.3, 0.4) is 0 Å². The Bertz CT molecular complexity index is 891. The molecule has 2 aromatic carbocycles. The van der Waals surface area contributed by atoms with E-state index in [2.05, 4.69) is 60.8 Å². The molecule has 1 aliphatic heterocycles. The molecule has 4 aliphatic rings. The molecule has 2 bridgehead atoms. The topological polar surface area (TPSA) is 38.3 Å². The van der Waals surface area contributed by atoms with Crippen LogP contribution in [0.25, 0.3) is 0 Å². The minimum atomic E-state index is -0.455. The minimum absolute atomic E-state index is 0.0373. The Hall–Kier alpha value is -2.13. The maximum absolute atomic E-state index is 13.2. The fraction of sp³-hybridized carbons (Fsp3) is 0.435. The van der Waals surface area contributed by atoms with Crippen LogP contribution in [0, 0.1) is 18.3 Å². The van der Waals surface area contributed by atoms with Gasteiger partial charge in [-0.2, -0.15) is 0 Å². The molecule has 1 N–H and O–H groups in total. The predicted octanol–water partition coefficient (Wildman–Crippen LogP) is 3.55. The van der Waals surface area contributed by atoms with Crippen LogP contribution in [0.15, 0.2) is 48.5 Å². The van der Waals surface area contributed by atoms with Gasteiger partial charge in [0.25, 0.3) is 0 Å². The normalized spacial score (nSPS) is 34.2. The third-order valence-electron chi connectivity index (χ3n) is 7.44. The van der Waals surface area contributed by atoms with Crippen molar-refractivity contribution in [2.75, 3.05) is 20.2 Å². The predicted molar refractivity (Wildman–Crippen MR) is 101 cm³/mol. The number of aryl methyl sites for hydroxylation is 1. The third kappa shape index (κ3) is 1.70. The number of methoxy groups -OCH3 is 1. The Morgan fingerprint density at radius 2 is 1.85 bits per heavy atom. The Balaban J connectivity index is 1.86. The van der Waals surface area contributed by atoms with Crippen LogP contribution in [0.2, 0.25) is 0 Å². The molecule has 1 saturated heterocycles. The summed E-state index contributed by atoms with van der Waals surface area (Å²) < 4.78 is 5.39. The molecule has 0 aromatic heterocycles. The smallest absolute Gasteiger partial charge is 0.314 e. The van der Waals surface area contributed by atoms with Crippen LogP contribution >= 0.6 is 0 Å². The number of carbonyl (C=O) groups excluding carboxylic acids is 1. The van der Waals surface area contributed by atoms with Gasteiger partial charge in [0.2, 0.25) is 0 Å². The molecule has 0 amide bonds. The second-order valence-electron chi connectivity index (χ2n) is 8.18. The van der Waals surface area contributed by atoms with Crippen molar-refractivity contribution in [1.29, 1.82) is 0 Å². The van der Waals surface area contributed by atoms with Crippen molar-refractivity contribution in [3.05, 3.63) is 70.8 Å². The highest BCUT2D eigenvalue weighted by molar-refractivity contribution is 5.82. The molecule has 6 rings (SSSR count). The summed E-state index contributed by atoms with van der Waals surface area (Å²) >= 11 is 0. The van der Waals surface area contributed by atoms with Crippen LogP contribution in [0.1, 0.15) is 41.0 Å². The number of rotatable bonds is 2. The van der Waals surface area contributed by atoms with Crippen molar-refractivity contribution in [2.45, 2.75) is 31.1 Å². The Labute approximate surface area is 154 Å². The number of benzene rings is 2. The highest BCUT2D eigenvalue weighted by Crippen LogP contribution is 2.68. The second kappa shape index (κ2) is 5.43. The molecule has 4 atom stereocenters. The Kier molecular flexibility index (Phi) is 3.36. The summed E-state index contributed by atoms with van der Waals surface area (Å²) in [5.41, 5.74) is 4.91. The first kappa shape index (κ1) is 16.1. The first-order chi connectivity index (χ1) is 12.7. The summed E-state index contributed by atoms with van der Waals surface area (Å²) in [5, 5.41) is 3.57. The van der Waals surface area contributed by atoms with Crippen LogP contribution in [-0.4, -0.2) is 26.2 Å². The van der Waals surface area contributed by atoms with E-state index in [9.17, 15) is 4.79 Å². The van der Waals surface area contributed by atoms with Gasteiger partial charge in [0, 0.05) is 30.3 Å². The van der Waals surface area contributed by atoms with E-state index in [-0.39, 0.29) is 23.2 Å². The van der Waals surface area contributed by atoms with Gasteiger partial charge in [-0.3, -0.25) is 4.79 Å². The molecule has 0 radical (unpaired) electrons. The Morgan fingerprint density at radius 3 is 2.62 bits per heavy atom. The van der Waals surface area contributed by atoms with Crippen molar-refractivity contribution in [3.8, 4) is 0 Å². The van der Waals surface area contributed by atoms with Gasteiger partial charge < -0.3 is 10.1 Å². The number of carbonyl (C=O) groups is 1. The number of hydrogen-bond acceptors (Lipinski definition) is 3. The van der Waals surface area contributed by atoms with Gasteiger partial charge >= 0.3 is 5.97 Å². The SMILES string of the molecule is COC(=O)C12CNCC1C1(c3ccccc3C)CCC2c2ccccc21. The molecule has 3 aliphatic carbocycles. The molecule has 4 unspecified atom stereocenters. The summed E-state index contributed by atoms with van der Waals surface area (Å²) in [5.74, 6) is 0.443. The van der Waals surface area contributed by atoms with Crippen molar-refractivity contribution in [2.24, 2.45) is 11.3 Å². The number of fused-ring (bicyclic) bond motifs is 1. The summed E-state index contributed by atoms with van der Waals surface area (Å²) in [6.07, 6.45) is 2.14. The lowest BCUT2D eigenvalue weighted by atomic mass is 9.42. The molecule has 1 saturated carbocycles. The van der Waals surface area contributed by atoms with E-state index in [1.165, 1.54) is 22.3 Å². The summed E-state index contributed by atoms with van der Waals surface area (Å²) in [7, 11) is 1.54. The summed E-state index contributed by atoms with van der Waals surface area (Å²) in [6.45, 7) is 3.79. The molecular weight excluding hydrogens is 322 g/mol. The lowest BCUT2D eigenvalue weighted by Gasteiger charge is -2.60. The zero-order valence-electron chi connectivity index (χ0n) is 15.4. The fourth-order valence-corrected chi connectivity index (χ4v) is 6.56. The van der Waals surface area contributed by atoms with E-state index in [1.807, 2.05) is 0 Å². The standard InChI is InChI=1S/C23H25NO2/c1-15-7-3-5-9-17(15)22-12-11-19(16-8-4-6-10-18(16)22)23(21(25)26-2)14-24-13-20(22)23/h3-10,19-20,24H,11-14H2,1-2H3. The average Bonchev–Trinajstić information content (AvgIpc) is 3.16. The van der Waals surface area contributed by atoms with Gasteiger partial charge in [0.1, 0.15) is 0 Å². The number of ether oxygens (including phenoxy) is 1. The van der Waals surface area contributed by atoms with E-state index in [0.29, 0.717) is 0 Å². The molecule has 134 valence electrons. The van der Waals surface area contributed by atoms with Crippen molar-refractivity contribution in [1.82, 2.24) is 5.32 Å². The second-order valence-corrected chi connectivity index (χ2v) is 8.18. The largest absolute Gasteiger partial charge is 0.469 e. The fourth-order valence-electron chi connectivity index (χ4n) is 6.56. The van der Waals surface area contributed by atoms with Crippen molar-refractivity contribution in [3.63, 3.8) is 0 Å². The molecule has 2 fully saturated rings. The first-order valence-electron chi connectivity index (χ1n) is 9.61. The lowest BCUT2D eigenvalue weighted by Crippen LogP contribution is -2.60. The number of nitrogens with one attached hydrogen (secondary N) is 1. The van der Waals surface area contributed by atoms with Crippen molar-refractivity contribution < 1.29 is 9.53 Å². The third-order valence-corrected chi connectivity index (χ3v) is 7.44. The minimum Gasteiger partial charge on any atom is -0.469 e. The van der Waals surface area contributed by atoms with E-state index in [1.54, 1.807) is 7.11 Å². The van der Waals surface area contributed by atoms with Gasteiger partial charge in [-0.1, -0.05) is 48.5 Å². The zero-order valence-corrected chi connectivity index (χ0v) is 15.4. The van der Waals surface area contributed by atoms with Crippen LogP contribution in [0.5, 0.6) is 0 Å². The number of hydrogen-bond donors (Lipinski definition) is 1. The highest BCUT2D eigenvalue weighted by atomic mass is 16.5. The van der Waals surface area contributed by atoms with Crippen LogP contribution in [-0.2, 0) is 14.9 Å².